The fourth-order valence-electron chi connectivity index (χ4n) is 1.70. The van der Waals surface area contributed by atoms with Crippen LogP contribution in [0.5, 0.6) is 0 Å². The SMILES string of the molecule is Cc1cc(C(=O)OCC(=O)Nc2ccc(N(C)C)cc2)on1. The predicted octanol–water partition coefficient (Wildman–Crippen LogP) is 1.84. The molecule has 116 valence electrons. The lowest BCUT2D eigenvalue weighted by Gasteiger charge is -2.13. The zero-order chi connectivity index (χ0) is 16.1. The predicted molar refractivity (Wildman–Crippen MR) is 80.9 cm³/mol. The quantitative estimate of drug-likeness (QED) is 0.848. The molecule has 0 saturated carbocycles. The smallest absolute Gasteiger partial charge is 0.377 e. The highest BCUT2D eigenvalue weighted by atomic mass is 16.6. The highest BCUT2D eigenvalue weighted by Gasteiger charge is 2.15. The Labute approximate surface area is 127 Å². The number of rotatable bonds is 5. The van der Waals surface area contributed by atoms with Crippen LogP contribution in [0.4, 0.5) is 11.4 Å². The molecule has 1 amide bonds. The number of nitrogens with one attached hydrogen (secondary N) is 1. The number of hydrogen-bond donors (Lipinski definition) is 1. The van der Waals surface area contributed by atoms with E-state index in [1.54, 1.807) is 19.1 Å². The van der Waals surface area contributed by atoms with Gasteiger partial charge in [-0.3, -0.25) is 4.79 Å². The Bertz CT molecular complexity index is 662. The van der Waals surface area contributed by atoms with E-state index in [-0.39, 0.29) is 5.76 Å². The number of benzene rings is 1. The number of carbonyl (C=O) groups excluding carboxylic acids is 2. The molecule has 0 atom stereocenters. The van der Waals surface area contributed by atoms with Crippen LogP contribution in [0.1, 0.15) is 16.2 Å². The molecule has 2 aromatic rings. The highest BCUT2D eigenvalue weighted by Crippen LogP contribution is 2.15. The van der Waals surface area contributed by atoms with Gasteiger partial charge in [-0.1, -0.05) is 5.16 Å². The van der Waals surface area contributed by atoms with Gasteiger partial charge < -0.3 is 19.5 Å². The molecule has 0 radical (unpaired) electrons. The van der Waals surface area contributed by atoms with Gasteiger partial charge in [0.2, 0.25) is 5.76 Å². The number of nitrogens with zero attached hydrogens (tertiary/aromatic N) is 2. The van der Waals surface area contributed by atoms with Crippen molar-refractivity contribution in [2.24, 2.45) is 0 Å². The van der Waals surface area contributed by atoms with Gasteiger partial charge in [0.1, 0.15) is 0 Å². The van der Waals surface area contributed by atoms with E-state index in [9.17, 15) is 9.59 Å². The number of esters is 1. The van der Waals surface area contributed by atoms with Crippen LogP contribution < -0.4 is 10.2 Å². The average molecular weight is 303 g/mol. The van der Waals surface area contributed by atoms with Crippen LogP contribution in [0.2, 0.25) is 0 Å². The number of hydrogen-bond acceptors (Lipinski definition) is 6. The topological polar surface area (TPSA) is 84.7 Å². The summed E-state index contributed by atoms with van der Waals surface area (Å²) in [5, 5.41) is 6.21. The lowest BCUT2D eigenvalue weighted by Crippen LogP contribution is -2.20. The van der Waals surface area contributed by atoms with Gasteiger partial charge in [0.25, 0.3) is 5.91 Å². The molecule has 0 fully saturated rings. The van der Waals surface area contributed by atoms with Gasteiger partial charge in [-0.2, -0.15) is 0 Å². The summed E-state index contributed by atoms with van der Waals surface area (Å²) in [5.41, 5.74) is 2.21. The summed E-state index contributed by atoms with van der Waals surface area (Å²) in [6.07, 6.45) is 0. The zero-order valence-corrected chi connectivity index (χ0v) is 12.6. The summed E-state index contributed by atoms with van der Waals surface area (Å²) < 4.78 is 9.60. The largest absolute Gasteiger partial charge is 0.450 e. The first-order valence-corrected chi connectivity index (χ1v) is 6.63. The Morgan fingerprint density at radius 3 is 2.50 bits per heavy atom. The fourth-order valence-corrected chi connectivity index (χ4v) is 1.70. The van der Waals surface area contributed by atoms with Gasteiger partial charge >= 0.3 is 5.97 Å². The second-order valence-corrected chi connectivity index (χ2v) is 4.90. The van der Waals surface area contributed by atoms with Gasteiger partial charge in [-0.25, -0.2) is 4.79 Å². The summed E-state index contributed by atoms with van der Waals surface area (Å²) >= 11 is 0. The van der Waals surface area contributed by atoms with Crippen molar-refractivity contribution in [3.05, 3.63) is 41.8 Å². The van der Waals surface area contributed by atoms with E-state index in [1.165, 1.54) is 6.07 Å². The Balaban J connectivity index is 1.84. The maximum absolute atomic E-state index is 11.7. The van der Waals surface area contributed by atoms with Crippen molar-refractivity contribution in [3.63, 3.8) is 0 Å². The van der Waals surface area contributed by atoms with E-state index in [4.69, 9.17) is 9.26 Å². The molecular formula is C15H17N3O4. The Kier molecular flexibility index (Phi) is 4.77. The summed E-state index contributed by atoms with van der Waals surface area (Å²) in [6, 6.07) is 8.74. The third-order valence-electron chi connectivity index (χ3n) is 2.83. The molecule has 0 unspecified atom stereocenters. The lowest BCUT2D eigenvalue weighted by atomic mass is 10.2. The van der Waals surface area contributed by atoms with Crippen LogP contribution in [0.25, 0.3) is 0 Å². The molecule has 1 N–H and O–H groups in total. The second-order valence-electron chi connectivity index (χ2n) is 4.90. The summed E-state index contributed by atoms with van der Waals surface area (Å²) in [6.45, 7) is 1.29. The van der Waals surface area contributed by atoms with E-state index in [0.717, 1.165) is 5.69 Å². The minimum Gasteiger partial charge on any atom is -0.450 e. The summed E-state index contributed by atoms with van der Waals surface area (Å²) in [7, 11) is 3.86. The monoisotopic (exact) mass is 303 g/mol. The molecule has 0 aliphatic rings. The summed E-state index contributed by atoms with van der Waals surface area (Å²) in [4.78, 5) is 25.3. The number of carbonyl (C=O) groups is 2. The van der Waals surface area contributed by atoms with Gasteiger partial charge in [-0.05, 0) is 31.2 Å². The molecule has 0 aliphatic heterocycles. The van der Waals surface area contributed by atoms with Crippen molar-refractivity contribution in [1.29, 1.82) is 0 Å². The Morgan fingerprint density at radius 2 is 1.95 bits per heavy atom. The second kappa shape index (κ2) is 6.75. The summed E-state index contributed by atoms with van der Waals surface area (Å²) in [5.74, 6) is -1.18. The van der Waals surface area contributed by atoms with Gasteiger partial charge in [0, 0.05) is 31.5 Å². The van der Waals surface area contributed by atoms with Crippen LogP contribution in [0.15, 0.2) is 34.9 Å². The Hall–Kier alpha value is -2.83. The maximum atomic E-state index is 11.7. The Morgan fingerprint density at radius 1 is 1.27 bits per heavy atom. The van der Waals surface area contributed by atoms with E-state index < -0.39 is 18.5 Å². The molecule has 2 rings (SSSR count). The number of anilines is 2. The molecule has 0 saturated heterocycles. The number of aryl methyl sites for hydroxylation is 1. The number of amides is 1. The molecule has 0 aliphatic carbocycles. The molecule has 7 nitrogen and oxygen atoms in total. The average Bonchev–Trinajstić information content (AvgIpc) is 2.92. The normalized spacial score (nSPS) is 10.1. The van der Waals surface area contributed by atoms with Crippen molar-refractivity contribution >= 4 is 23.3 Å². The van der Waals surface area contributed by atoms with E-state index in [2.05, 4.69) is 10.5 Å². The fraction of sp³-hybridized carbons (Fsp3) is 0.267. The van der Waals surface area contributed by atoms with Crippen LogP contribution in [-0.2, 0) is 9.53 Å². The van der Waals surface area contributed by atoms with Gasteiger partial charge in [0.05, 0.1) is 5.69 Å². The molecule has 1 heterocycles. The molecule has 1 aromatic heterocycles. The first-order chi connectivity index (χ1) is 10.5. The van der Waals surface area contributed by atoms with E-state index in [0.29, 0.717) is 11.4 Å². The van der Waals surface area contributed by atoms with Gasteiger partial charge in [0.15, 0.2) is 6.61 Å². The zero-order valence-electron chi connectivity index (χ0n) is 12.6. The van der Waals surface area contributed by atoms with Crippen molar-refractivity contribution in [1.82, 2.24) is 5.16 Å². The number of ether oxygens (including phenoxy) is 1. The molecule has 0 spiro atoms. The molecule has 22 heavy (non-hydrogen) atoms. The van der Waals surface area contributed by atoms with E-state index in [1.807, 2.05) is 31.1 Å². The molecular weight excluding hydrogens is 286 g/mol. The minimum atomic E-state index is -0.723. The molecule has 0 bridgehead atoms. The first kappa shape index (κ1) is 15.6. The van der Waals surface area contributed by atoms with E-state index >= 15 is 0 Å². The third kappa shape index (κ3) is 4.08. The van der Waals surface area contributed by atoms with Crippen molar-refractivity contribution < 1.29 is 18.8 Å². The highest BCUT2D eigenvalue weighted by molar-refractivity contribution is 5.94. The van der Waals surface area contributed by atoms with Crippen LogP contribution in [0, 0.1) is 6.92 Å². The molecule has 1 aromatic carbocycles. The van der Waals surface area contributed by atoms with Crippen molar-refractivity contribution in [2.45, 2.75) is 6.92 Å². The van der Waals surface area contributed by atoms with Crippen molar-refractivity contribution in [2.75, 3.05) is 30.9 Å². The van der Waals surface area contributed by atoms with Crippen LogP contribution in [-0.4, -0.2) is 37.7 Å². The van der Waals surface area contributed by atoms with Crippen LogP contribution >= 0.6 is 0 Å². The number of aromatic nitrogens is 1. The van der Waals surface area contributed by atoms with Gasteiger partial charge in [-0.15, -0.1) is 0 Å². The third-order valence-corrected chi connectivity index (χ3v) is 2.83. The first-order valence-electron chi connectivity index (χ1n) is 6.63. The minimum absolute atomic E-state index is 0.0272. The maximum Gasteiger partial charge on any atom is 0.377 e. The van der Waals surface area contributed by atoms with Crippen LogP contribution in [0.3, 0.4) is 0 Å². The standard InChI is InChI=1S/C15H17N3O4/c1-10-8-13(22-17-10)15(20)21-9-14(19)16-11-4-6-12(7-5-11)18(2)3/h4-8H,9H2,1-3H3,(H,16,19). The molecule has 7 heteroatoms. The van der Waals surface area contributed by atoms with Crippen molar-refractivity contribution in [3.8, 4) is 0 Å². The lowest BCUT2D eigenvalue weighted by molar-refractivity contribution is -0.119.